The zero-order valence-electron chi connectivity index (χ0n) is 16.0. The highest BCUT2D eigenvalue weighted by molar-refractivity contribution is 5.59. The Hall–Kier alpha value is -2.61. The van der Waals surface area contributed by atoms with Gasteiger partial charge in [-0.05, 0) is 25.0 Å². The van der Waals surface area contributed by atoms with Crippen molar-refractivity contribution >= 4 is 0 Å². The Kier molecular flexibility index (Phi) is 5.47. The van der Waals surface area contributed by atoms with Crippen LogP contribution in [0, 0.1) is 6.92 Å². The molecule has 1 aliphatic heterocycles. The Balaban J connectivity index is 1.47. The lowest BCUT2D eigenvalue weighted by atomic mass is 10.1. The normalized spacial score (nSPS) is 15.8. The van der Waals surface area contributed by atoms with E-state index in [1.165, 1.54) is 0 Å². The lowest BCUT2D eigenvalue weighted by molar-refractivity contribution is 0.0916. The predicted molar refractivity (Wildman–Crippen MR) is 105 cm³/mol. The third kappa shape index (κ3) is 3.96. The van der Waals surface area contributed by atoms with Gasteiger partial charge < -0.3 is 10.2 Å². The van der Waals surface area contributed by atoms with Crippen LogP contribution in [0.25, 0.3) is 11.4 Å². The van der Waals surface area contributed by atoms with Crippen molar-refractivity contribution in [2.24, 2.45) is 0 Å². The van der Waals surface area contributed by atoms with Crippen LogP contribution in [0.4, 0.5) is 0 Å². The fraction of sp³-hybridized carbons (Fsp3) is 0.381. The summed E-state index contributed by atoms with van der Waals surface area (Å²) in [4.78, 5) is 11.5. The van der Waals surface area contributed by atoms with E-state index >= 15 is 0 Å². The van der Waals surface area contributed by atoms with Gasteiger partial charge >= 0.3 is 0 Å². The monoisotopic (exact) mass is 379 g/mol. The van der Waals surface area contributed by atoms with Crippen LogP contribution in [-0.4, -0.2) is 48.0 Å². The van der Waals surface area contributed by atoms with Gasteiger partial charge in [0.25, 0.3) is 0 Å². The summed E-state index contributed by atoms with van der Waals surface area (Å²) in [5, 5.41) is 23.4. The zero-order chi connectivity index (χ0) is 19.5. The zero-order valence-corrected chi connectivity index (χ0v) is 16.0. The van der Waals surface area contributed by atoms with Crippen molar-refractivity contribution in [3.63, 3.8) is 0 Å². The van der Waals surface area contributed by atoms with Gasteiger partial charge in [0.15, 0.2) is 5.82 Å². The molecule has 0 bridgehead atoms. The first-order valence-corrected chi connectivity index (χ1v) is 9.59. The number of hydrogen-bond acceptors (Lipinski definition) is 6. The molecule has 0 aliphatic carbocycles. The molecule has 0 amide bonds. The number of hydrogen-bond donors (Lipinski definition) is 2. The molecule has 2 N–H and O–H groups in total. The molecular weight excluding hydrogens is 354 g/mol. The molecule has 28 heavy (non-hydrogen) atoms. The topological polar surface area (TPSA) is 87.3 Å². The number of rotatable bonds is 5. The minimum atomic E-state index is -0.921. The van der Waals surface area contributed by atoms with Gasteiger partial charge in [0, 0.05) is 49.7 Å². The largest absolute Gasteiger partial charge is 0.393 e. The SMILES string of the molecule is Cc1ccccc1-c1ncc(CN2CCCn3nc([C@@H](O)CO)cc3C2)cn1. The molecule has 0 saturated heterocycles. The number of aliphatic hydroxyl groups is 2. The van der Waals surface area contributed by atoms with Crippen LogP contribution in [0.5, 0.6) is 0 Å². The molecule has 4 rings (SSSR count). The summed E-state index contributed by atoms with van der Waals surface area (Å²) in [6.07, 6.45) is 3.86. The van der Waals surface area contributed by atoms with Gasteiger partial charge in [-0.2, -0.15) is 5.10 Å². The number of aliphatic hydroxyl groups excluding tert-OH is 2. The van der Waals surface area contributed by atoms with E-state index in [2.05, 4.69) is 33.0 Å². The predicted octanol–water partition coefficient (Wildman–Crippen LogP) is 2.08. The molecule has 0 saturated carbocycles. The minimum Gasteiger partial charge on any atom is -0.393 e. The Morgan fingerprint density at radius 3 is 2.68 bits per heavy atom. The van der Waals surface area contributed by atoms with Crippen LogP contribution in [0.1, 0.15) is 35.0 Å². The van der Waals surface area contributed by atoms with Gasteiger partial charge in [-0.25, -0.2) is 9.97 Å². The summed E-state index contributed by atoms with van der Waals surface area (Å²) in [5.74, 6) is 0.749. The van der Waals surface area contributed by atoms with Crippen molar-refractivity contribution in [2.75, 3.05) is 13.2 Å². The third-order valence-electron chi connectivity index (χ3n) is 5.12. The lowest BCUT2D eigenvalue weighted by Crippen LogP contribution is -2.23. The van der Waals surface area contributed by atoms with Crippen LogP contribution in [0.2, 0.25) is 0 Å². The van der Waals surface area contributed by atoms with E-state index in [4.69, 9.17) is 5.11 Å². The number of aryl methyl sites for hydroxylation is 2. The Labute approximate surface area is 164 Å². The first-order valence-electron chi connectivity index (χ1n) is 9.59. The van der Waals surface area contributed by atoms with Gasteiger partial charge in [-0.1, -0.05) is 24.3 Å². The Bertz CT molecular complexity index is 938. The van der Waals surface area contributed by atoms with E-state index in [9.17, 15) is 5.11 Å². The Morgan fingerprint density at radius 2 is 1.93 bits per heavy atom. The third-order valence-corrected chi connectivity index (χ3v) is 5.12. The molecule has 7 nitrogen and oxygen atoms in total. The van der Waals surface area contributed by atoms with Crippen LogP contribution in [0.15, 0.2) is 42.7 Å². The number of aromatic nitrogens is 4. The molecule has 0 spiro atoms. The first-order chi connectivity index (χ1) is 13.6. The van der Waals surface area contributed by atoms with Gasteiger partial charge in [-0.3, -0.25) is 9.58 Å². The van der Waals surface area contributed by atoms with Crippen LogP contribution < -0.4 is 0 Å². The summed E-state index contributed by atoms with van der Waals surface area (Å²) < 4.78 is 1.94. The Morgan fingerprint density at radius 1 is 1.14 bits per heavy atom. The van der Waals surface area contributed by atoms with Gasteiger partial charge in [-0.15, -0.1) is 0 Å². The van der Waals surface area contributed by atoms with Crippen LogP contribution in [0.3, 0.4) is 0 Å². The van der Waals surface area contributed by atoms with Crippen molar-refractivity contribution in [3.8, 4) is 11.4 Å². The van der Waals surface area contributed by atoms with Gasteiger partial charge in [0.1, 0.15) is 6.10 Å². The molecule has 7 heteroatoms. The lowest BCUT2D eigenvalue weighted by Gasteiger charge is -2.19. The fourth-order valence-electron chi connectivity index (χ4n) is 3.60. The molecule has 146 valence electrons. The summed E-state index contributed by atoms with van der Waals surface area (Å²) in [5.41, 5.74) is 4.88. The molecule has 1 aromatic carbocycles. The highest BCUT2D eigenvalue weighted by Gasteiger charge is 2.19. The second-order valence-electron chi connectivity index (χ2n) is 7.28. The molecule has 0 fully saturated rings. The van der Waals surface area contributed by atoms with Crippen molar-refractivity contribution in [1.82, 2.24) is 24.6 Å². The molecule has 0 radical (unpaired) electrons. The first kappa shape index (κ1) is 18.7. The molecule has 2 aromatic heterocycles. The van der Waals surface area contributed by atoms with E-state index in [0.717, 1.165) is 60.8 Å². The smallest absolute Gasteiger partial charge is 0.159 e. The molecular formula is C21H25N5O2. The van der Waals surface area contributed by atoms with E-state index in [0.29, 0.717) is 5.69 Å². The second-order valence-corrected chi connectivity index (χ2v) is 7.28. The van der Waals surface area contributed by atoms with Crippen molar-refractivity contribution in [3.05, 3.63) is 65.2 Å². The number of benzene rings is 1. The van der Waals surface area contributed by atoms with Crippen molar-refractivity contribution < 1.29 is 10.2 Å². The summed E-state index contributed by atoms with van der Waals surface area (Å²) in [7, 11) is 0. The molecule has 3 aromatic rings. The molecule has 1 aliphatic rings. The maximum absolute atomic E-state index is 9.83. The van der Waals surface area contributed by atoms with Crippen molar-refractivity contribution in [2.45, 2.75) is 39.1 Å². The fourth-order valence-corrected chi connectivity index (χ4v) is 3.60. The summed E-state index contributed by atoms with van der Waals surface area (Å²) in [6.45, 7) is 5.02. The quantitative estimate of drug-likeness (QED) is 0.706. The van der Waals surface area contributed by atoms with Crippen LogP contribution in [-0.2, 0) is 19.6 Å². The average molecular weight is 379 g/mol. The minimum absolute atomic E-state index is 0.315. The molecule has 1 atom stereocenters. The maximum Gasteiger partial charge on any atom is 0.159 e. The van der Waals surface area contributed by atoms with Gasteiger partial charge in [0.05, 0.1) is 18.0 Å². The highest BCUT2D eigenvalue weighted by Crippen LogP contribution is 2.21. The molecule has 0 unspecified atom stereocenters. The molecule has 3 heterocycles. The summed E-state index contributed by atoms with van der Waals surface area (Å²) in [6, 6.07) is 10.0. The standard InChI is InChI=1S/C21H25N5O2/c1-15-5-2-3-6-18(15)21-22-10-16(11-23-21)12-25-7-4-8-26-17(13-25)9-19(24-26)20(28)14-27/h2-3,5-6,9-11,20,27-28H,4,7-8,12-14H2,1H3/t20-/m0/s1. The second kappa shape index (κ2) is 8.18. The average Bonchev–Trinajstić information content (AvgIpc) is 3.01. The maximum atomic E-state index is 9.83. The number of nitrogens with zero attached hydrogens (tertiary/aromatic N) is 5. The highest BCUT2D eigenvalue weighted by atomic mass is 16.3. The van der Waals surface area contributed by atoms with Crippen molar-refractivity contribution in [1.29, 1.82) is 0 Å². The van der Waals surface area contributed by atoms with E-state index in [1.54, 1.807) is 0 Å². The van der Waals surface area contributed by atoms with E-state index in [-0.39, 0.29) is 6.61 Å². The number of fused-ring (bicyclic) bond motifs is 1. The summed E-state index contributed by atoms with van der Waals surface area (Å²) >= 11 is 0. The van der Waals surface area contributed by atoms with E-state index < -0.39 is 6.10 Å². The van der Waals surface area contributed by atoms with Crippen LogP contribution >= 0.6 is 0 Å². The van der Waals surface area contributed by atoms with E-state index in [1.807, 2.05) is 41.3 Å². The van der Waals surface area contributed by atoms with Gasteiger partial charge in [0.2, 0.25) is 0 Å².